The SMILES string of the molecule is CC1=Nc2c(F)cc(C(C)C)cc2C1CC(F)F. The summed E-state index contributed by atoms with van der Waals surface area (Å²) in [6.07, 6.45) is -2.69. The molecule has 0 spiro atoms. The Morgan fingerprint density at radius 2 is 1.94 bits per heavy atom. The van der Waals surface area contributed by atoms with Crippen molar-refractivity contribution in [3.05, 3.63) is 29.1 Å². The largest absolute Gasteiger partial charge is 0.254 e. The van der Waals surface area contributed by atoms with Gasteiger partial charge in [-0.05, 0) is 30.0 Å². The second-order valence-electron chi connectivity index (χ2n) is 5.03. The quantitative estimate of drug-likeness (QED) is 0.736. The van der Waals surface area contributed by atoms with Crippen molar-refractivity contribution in [2.24, 2.45) is 4.99 Å². The highest BCUT2D eigenvalue weighted by Gasteiger charge is 2.30. The lowest BCUT2D eigenvalue weighted by Crippen LogP contribution is -2.09. The highest BCUT2D eigenvalue weighted by Crippen LogP contribution is 2.41. The average Bonchev–Trinajstić information content (AvgIpc) is 2.56. The molecule has 1 aliphatic heterocycles. The number of benzene rings is 1. The Bertz CT molecular complexity index is 492. The van der Waals surface area contributed by atoms with E-state index >= 15 is 0 Å². The molecule has 2 rings (SSSR count). The van der Waals surface area contributed by atoms with Crippen LogP contribution in [0.15, 0.2) is 17.1 Å². The smallest absolute Gasteiger partial charge is 0.239 e. The molecule has 0 saturated carbocycles. The van der Waals surface area contributed by atoms with Gasteiger partial charge in [-0.25, -0.2) is 13.2 Å². The molecule has 0 radical (unpaired) electrons. The van der Waals surface area contributed by atoms with Crippen molar-refractivity contribution in [2.45, 2.75) is 45.5 Å². The molecule has 0 amide bonds. The van der Waals surface area contributed by atoms with Crippen LogP contribution >= 0.6 is 0 Å². The van der Waals surface area contributed by atoms with Crippen molar-refractivity contribution in [3.63, 3.8) is 0 Å². The molecular weight excluding hydrogens is 239 g/mol. The van der Waals surface area contributed by atoms with Crippen LogP contribution < -0.4 is 0 Å². The summed E-state index contributed by atoms with van der Waals surface area (Å²) in [4.78, 5) is 4.09. The van der Waals surface area contributed by atoms with Crippen LogP contribution in [-0.4, -0.2) is 12.1 Å². The Morgan fingerprint density at radius 1 is 1.28 bits per heavy atom. The number of halogens is 3. The van der Waals surface area contributed by atoms with Crippen LogP contribution in [0.25, 0.3) is 0 Å². The van der Waals surface area contributed by atoms with Gasteiger partial charge in [0.05, 0.1) is 0 Å². The molecule has 1 nitrogen and oxygen atoms in total. The molecule has 98 valence electrons. The molecule has 0 fully saturated rings. The van der Waals surface area contributed by atoms with Crippen LogP contribution in [0, 0.1) is 5.82 Å². The fraction of sp³-hybridized carbons (Fsp3) is 0.500. The third-order valence-corrected chi connectivity index (χ3v) is 3.36. The molecule has 0 saturated heterocycles. The predicted octanol–water partition coefficient (Wildman–Crippen LogP) is 4.79. The number of hydrogen-bond donors (Lipinski definition) is 0. The maximum absolute atomic E-state index is 13.9. The first-order valence-electron chi connectivity index (χ1n) is 6.06. The standard InChI is InChI=1S/C14H16F3N/c1-7(2)9-4-11-10(6-13(16)17)8(3)18-14(11)12(15)5-9/h4-5,7,10,13H,6H2,1-3H3. The lowest BCUT2D eigenvalue weighted by atomic mass is 9.90. The molecule has 0 bridgehead atoms. The minimum Gasteiger partial charge on any atom is -0.254 e. The van der Waals surface area contributed by atoms with E-state index in [1.807, 2.05) is 19.9 Å². The van der Waals surface area contributed by atoms with Gasteiger partial charge in [0.1, 0.15) is 11.5 Å². The first-order chi connectivity index (χ1) is 8.40. The second-order valence-corrected chi connectivity index (χ2v) is 5.03. The van der Waals surface area contributed by atoms with Gasteiger partial charge in [-0.2, -0.15) is 0 Å². The fourth-order valence-corrected chi connectivity index (χ4v) is 2.31. The van der Waals surface area contributed by atoms with Crippen LogP contribution in [0.5, 0.6) is 0 Å². The summed E-state index contributed by atoms with van der Waals surface area (Å²) >= 11 is 0. The summed E-state index contributed by atoms with van der Waals surface area (Å²) in [5, 5.41) is 0. The van der Waals surface area contributed by atoms with Crippen molar-refractivity contribution < 1.29 is 13.2 Å². The van der Waals surface area contributed by atoms with Crippen LogP contribution in [0.2, 0.25) is 0 Å². The lowest BCUT2D eigenvalue weighted by Gasteiger charge is -2.14. The zero-order valence-corrected chi connectivity index (χ0v) is 10.7. The van der Waals surface area contributed by atoms with Crippen LogP contribution in [0.1, 0.15) is 50.2 Å². The Labute approximate surface area is 105 Å². The fourth-order valence-electron chi connectivity index (χ4n) is 2.31. The third-order valence-electron chi connectivity index (χ3n) is 3.36. The maximum Gasteiger partial charge on any atom is 0.239 e. The van der Waals surface area contributed by atoms with E-state index in [9.17, 15) is 13.2 Å². The first-order valence-corrected chi connectivity index (χ1v) is 6.06. The van der Waals surface area contributed by atoms with Gasteiger partial charge in [0, 0.05) is 18.1 Å². The Hall–Kier alpha value is -1.32. The molecule has 4 heteroatoms. The molecule has 1 aromatic carbocycles. The first kappa shape index (κ1) is 13.1. The summed E-state index contributed by atoms with van der Waals surface area (Å²) in [5.74, 6) is -0.696. The van der Waals surface area contributed by atoms with Gasteiger partial charge in [-0.15, -0.1) is 0 Å². The Balaban J connectivity index is 2.46. The van der Waals surface area contributed by atoms with Crippen molar-refractivity contribution in [1.82, 2.24) is 0 Å². The van der Waals surface area contributed by atoms with Gasteiger partial charge in [0.15, 0.2) is 0 Å². The second kappa shape index (κ2) is 4.75. The van der Waals surface area contributed by atoms with Gasteiger partial charge in [0.25, 0.3) is 0 Å². The molecule has 1 aliphatic rings. The summed E-state index contributed by atoms with van der Waals surface area (Å²) in [6, 6.07) is 3.27. The monoisotopic (exact) mass is 255 g/mol. The zero-order valence-electron chi connectivity index (χ0n) is 10.7. The highest BCUT2D eigenvalue weighted by molar-refractivity contribution is 5.96. The van der Waals surface area contributed by atoms with Crippen molar-refractivity contribution >= 4 is 11.4 Å². The number of alkyl halides is 2. The highest BCUT2D eigenvalue weighted by atomic mass is 19.3. The van der Waals surface area contributed by atoms with E-state index in [1.165, 1.54) is 6.07 Å². The minimum atomic E-state index is -2.41. The summed E-state index contributed by atoms with van der Waals surface area (Å²) in [7, 11) is 0. The number of hydrogen-bond acceptors (Lipinski definition) is 1. The van der Waals surface area contributed by atoms with Crippen LogP contribution in [-0.2, 0) is 0 Å². The molecule has 0 N–H and O–H groups in total. The number of rotatable bonds is 3. The molecule has 1 unspecified atom stereocenters. The van der Waals surface area contributed by atoms with Gasteiger partial charge < -0.3 is 0 Å². The lowest BCUT2D eigenvalue weighted by molar-refractivity contribution is 0.135. The van der Waals surface area contributed by atoms with E-state index in [4.69, 9.17) is 0 Å². The van der Waals surface area contributed by atoms with Gasteiger partial charge in [-0.3, -0.25) is 4.99 Å². The molecular formula is C14H16F3N. The number of fused-ring (bicyclic) bond motifs is 1. The summed E-state index contributed by atoms with van der Waals surface area (Å²) < 4.78 is 39.0. The molecule has 0 aliphatic carbocycles. The van der Waals surface area contributed by atoms with E-state index in [-0.39, 0.29) is 18.0 Å². The van der Waals surface area contributed by atoms with Crippen molar-refractivity contribution in [1.29, 1.82) is 0 Å². The van der Waals surface area contributed by atoms with Gasteiger partial charge >= 0.3 is 0 Å². The Morgan fingerprint density at radius 3 is 2.50 bits per heavy atom. The third kappa shape index (κ3) is 2.28. The van der Waals surface area contributed by atoms with E-state index in [0.717, 1.165) is 5.56 Å². The van der Waals surface area contributed by atoms with E-state index in [0.29, 0.717) is 11.3 Å². The van der Waals surface area contributed by atoms with E-state index in [1.54, 1.807) is 6.92 Å². The number of aliphatic imine (C=N–C) groups is 1. The summed E-state index contributed by atoms with van der Waals surface area (Å²) in [5.41, 5.74) is 2.25. The normalized spacial score (nSPS) is 18.4. The van der Waals surface area contributed by atoms with Crippen molar-refractivity contribution in [2.75, 3.05) is 0 Å². The van der Waals surface area contributed by atoms with Gasteiger partial charge in [-0.1, -0.05) is 19.9 Å². The molecule has 0 aromatic heterocycles. The molecule has 1 atom stereocenters. The molecule has 18 heavy (non-hydrogen) atoms. The van der Waals surface area contributed by atoms with Crippen LogP contribution in [0.4, 0.5) is 18.9 Å². The van der Waals surface area contributed by atoms with Crippen LogP contribution in [0.3, 0.4) is 0 Å². The predicted molar refractivity (Wildman–Crippen MR) is 66.6 cm³/mol. The average molecular weight is 255 g/mol. The molecule has 1 heterocycles. The zero-order chi connectivity index (χ0) is 13.4. The van der Waals surface area contributed by atoms with Crippen molar-refractivity contribution in [3.8, 4) is 0 Å². The summed E-state index contributed by atoms with van der Waals surface area (Å²) in [6.45, 7) is 5.58. The maximum atomic E-state index is 13.9. The number of nitrogens with zero attached hydrogens (tertiary/aromatic N) is 1. The Kier molecular flexibility index (Phi) is 3.46. The van der Waals surface area contributed by atoms with Gasteiger partial charge in [0.2, 0.25) is 6.43 Å². The minimum absolute atomic E-state index is 0.165. The van der Waals surface area contributed by atoms with E-state index in [2.05, 4.69) is 4.99 Å². The van der Waals surface area contributed by atoms with E-state index < -0.39 is 18.2 Å². The topological polar surface area (TPSA) is 12.4 Å². The molecule has 1 aromatic rings.